The van der Waals surface area contributed by atoms with Gasteiger partial charge in [-0.15, -0.1) is 0 Å². The Morgan fingerprint density at radius 2 is 2.00 bits per heavy atom. The summed E-state index contributed by atoms with van der Waals surface area (Å²) in [7, 11) is 0. The number of nitrogens with zero attached hydrogens (tertiary/aromatic N) is 1. The number of hydrogen-bond donors (Lipinski definition) is 0. The summed E-state index contributed by atoms with van der Waals surface area (Å²) in [6.07, 6.45) is 14.7. The fourth-order valence-corrected chi connectivity index (χ4v) is 1.15. The van der Waals surface area contributed by atoms with Crippen LogP contribution in [0.4, 0.5) is 0 Å². The maximum absolute atomic E-state index is 2.21. The van der Waals surface area contributed by atoms with Gasteiger partial charge in [0.05, 0.1) is 0 Å². The highest BCUT2D eigenvalue weighted by atomic mass is 15.1. The first-order chi connectivity index (χ1) is 5.97. The number of hydrogen-bond acceptors (Lipinski definition) is 1. The molecule has 0 radical (unpaired) electrons. The Hall–Kier alpha value is -1.24. The van der Waals surface area contributed by atoms with Gasteiger partial charge < -0.3 is 4.90 Å². The molecule has 0 saturated carbocycles. The van der Waals surface area contributed by atoms with Gasteiger partial charge in [0.1, 0.15) is 0 Å². The SMILES string of the molecule is C1=CCN2C=CC=CC2=C1.CC. The summed E-state index contributed by atoms with van der Waals surface area (Å²) in [6.45, 7) is 5.01. The highest BCUT2D eigenvalue weighted by Gasteiger charge is 2.05. The van der Waals surface area contributed by atoms with Gasteiger partial charge in [-0.3, -0.25) is 0 Å². The molecule has 0 aromatic heterocycles. The Bertz CT molecular complexity index is 244. The smallest absolute Gasteiger partial charge is 0.0409 e. The van der Waals surface area contributed by atoms with Crippen LogP contribution < -0.4 is 0 Å². The van der Waals surface area contributed by atoms with Crippen molar-refractivity contribution in [2.24, 2.45) is 0 Å². The van der Waals surface area contributed by atoms with Gasteiger partial charge in [0.15, 0.2) is 0 Å². The van der Waals surface area contributed by atoms with E-state index in [0.717, 1.165) is 6.54 Å². The maximum atomic E-state index is 2.21. The van der Waals surface area contributed by atoms with Crippen LogP contribution in [0.15, 0.2) is 48.4 Å². The average molecular weight is 161 g/mol. The molecular formula is C11H15N. The molecule has 12 heavy (non-hydrogen) atoms. The second-order valence-corrected chi connectivity index (χ2v) is 2.37. The fourth-order valence-electron chi connectivity index (χ4n) is 1.15. The molecule has 64 valence electrons. The van der Waals surface area contributed by atoms with Crippen LogP contribution >= 0.6 is 0 Å². The van der Waals surface area contributed by atoms with Crippen LogP contribution in [-0.4, -0.2) is 11.4 Å². The fraction of sp³-hybridized carbons (Fsp3) is 0.273. The number of fused-ring (bicyclic) bond motifs is 1. The van der Waals surface area contributed by atoms with Crippen molar-refractivity contribution in [2.75, 3.05) is 6.54 Å². The molecule has 0 bridgehead atoms. The third-order valence-corrected chi connectivity index (χ3v) is 1.68. The lowest BCUT2D eigenvalue weighted by atomic mass is 10.2. The van der Waals surface area contributed by atoms with Crippen molar-refractivity contribution in [1.82, 2.24) is 4.90 Å². The zero-order valence-corrected chi connectivity index (χ0v) is 7.70. The molecule has 0 aliphatic carbocycles. The molecule has 0 aromatic rings. The van der Waals surface area contributed by atoms with Crippen LogP contribution in [0.3, 0.4) is 0 Å². The van der Waals surface area contributed by atoms with Crippen molar-refractivity contribution in [3.63, 3.8) is 0 Å². The predicted octanol–water partition coefficient (Wildman–Crippen LogP) is 2.85. The van der Waals surface area contributed by atoms with Crippen molar-refractivity contribution >= 4 is 0 Å². The highest BCUT2D eigenvalue weighted by molar-refractivity contribution is 5.33. The van der Waals surface area contributed by atoms with Crippen LogP contribution in [0.5, 0.6) is 0 Å². The summed E-state index contributed by atoms with van der Waals surface area (Å²) in [5.41, 5.74) is 1.28. The topological polar surface area (TPSA) is 3.24 Å². The van der Waals surface area contributed by atoms with Gasteiger partial charge in [0, 0.05) is 18.4 Å². The molecule has 1 heteroatoms. The van der Waals surface area contributed by atoms with Gasteiger partial charge in [-0.05, 0) is 18.2 Å². The highest BCUT2D eigenvalue weighted by Crippen LogP contribution is 2.14. The van der Waals surface area contributed by atoms with Crippen molar-refractivity contribution in [2.45, 2.75) is 13.8 Å². The molecule has 0 spiro atoms. The van der Waals surface area contributed by atoms with E-state index in [9.17, 15) is 0 Å². The Labute approximate surface area is 74.4 Å². The lowest BCUT2D eigenvalue weighted by molar-refractivity contribution is 0.523. The summed E-state index contributed by atoms with van der Waals surface area (Å²) in [6, 6.07) is 0. The summed E-state index contributed by atoms with van der Waals surface area (Å²) in [5, 5.41) is 0. The molecule has 2 aliphatic rings. The first kappa shape index (κ1) is 8.85. The molecule has 0 amide bonds. The van der Waals surface area contributed by atoms with Gasteiger partial charge in [-0.1, -0.05) is 32.1 Å². The van der Waals surface area contributed by atoms with Crippen LogP contribution in [0.25, 0.3) is 0 Å². The summed E-state index contributed by atoms with van der Waals surface area (Å²) >= 11 is 0. The second-order valence-electron chi connectivity index (χ2n) is 2.37. The van der Waals surface area contributed by atoms with E-state index in [-0.39, 0.29) is 0 Å². The van der Waals surface area contributed by atoms with E-state index >= 15 is 0 Å². The summed E-state index contributed by atoms with van der Waals surface area (Å²) < 4.78 is 0. The molecule has 0 fully saturated rings. The largest absolute Gasteiger partial charge is 0.344 e. The minimum absolute atomic E-state index is 1.01. The zero-order chi connectivity index (χ0) is 8.81. The number of rotatable bonds is 0. The van der Waals surface area contributed by atoms with E-state index in [0.29, 0.717) is 0 Å². The van der Waals surface area contributed by atoms with E-state index in [2.05, 4.69) is 47.6 Å². The summed E-state index contributed by atoms with van der Waals surface area (Å²) in [4.78, 5) is 2.21. The zero-order valence-electron chi connectivity index (χ0n) is 7.70. The van der Waals surface area contributed by atoms with E-state index in [1.807, 2.05) is 13.8 Å². The normalized spacial score (nSPS) is 17.8. The molecule has 0 saturated heterocycles. The van der Waals surface area contributed by atoms with Crippen molar-refractivity contribution in [1.29, 1.82) is 0 Å². The molecule has 0 aromatic carbocycles. The lowest BCUT2D eigenvalue weighted by Crippen LogP contribution is -2.18. The molecule has 0 unspecified atom stereocenters. The standard InChI is InChI=1S/C9H9N.C2H6/c1-3-7-10-8-4-2-6-9(10)5-1;1-2/h1-7H,8H2;1-2H3. The van der Waals surface area contributed by atoms with Crippen LogP contribution in [-0.2, 0) is 0 Å². The van der Waals surface area contributed by atoms with Gasteiger partial charge in [0.2, 0.25) is 0 Å². The van der Waals surface area contributed by atoms with Gasteiger partial charge in [0.25, 0.3) is 0 Å². The predicted molar refractivity (Wildman–Crippen MR) is 53.6 cm³/mol. The lowest BCUT2D eigenvalue weighted by Gasteiger charge is -2.23. The Morgan fingerprint density at radius 3 is 2.75 bits per heavy atom. The minimum Gasteiger partial charge on any atom is -0.344 e. The molecule has 0 atom stereocenters. The van der Waals surface area contributed by atoms with Crippen molar-refractivity contribution in [3.05, 3.63) is 48.4 Å². The molecule has 2 rings (SSSR count). The first-order valence-corrected chi connectivity index (χ1v) is 4.45. The van der Waals surface area contributed by atoms with E-state index < -0.39 is 0 Å². The molecule has 1 nitrogen and oxygen atoms in total. The van der Waals surface area contributed by atoms with E-state index in [1.54, 1.807) is 0 Å². The first-order valence-electron chi connectivity index (χ1n) is 4.45. The van der Waals surface area contributed by atoms with E-state index in [4.69, 9.17) is 0 Å². The van der Waals surface area contributed by atoms with E-state index in [1.165, 1.54) is 5.70 Å². The monoisotopic (exact) mass is 161 g/mol. The van der Waals surface area contributed by atoms with Crippen LogP contribution in [0, 0.1) is 0 Å². The van der Waals surface area contributed by atoms with Crippen molar-refractivity contribution in [3.8, 4) is 0 Å². The Morgan fingerprint density at radius 1 is 1.17 bits per heavy atom. The second kappa shape index (κ2) is 4.60. The van der Waals surface area contributed by atoms with Crippen LogP contribution in [0.1, 0.15) is 13.8 Å². The quantitative estimate of drug-likeness (QED) is 0.528. The molecule has 0 N–H and O–H groups in total. The Kier molecular flexibility index (Phi) is 3.39. The van der Waals surface area contributed by atoms with Gasteiger partial charge in [-0.25, -0.2) is 0 Å². The summed E-state index contributed by atoms with van der Waals surface area (Å²) in [5.74, 6) is 0. The van der Waals surface area contributed by atoms with Gasteiger partial charge in [-0.2, -0.15) is 0 Å². The third kappa shape index (κ3) is 1.88. The minimum atomic E-state index is 1.01. The molecule has 2 heterocycles. The molecule has 2 aliphatic heterocycles. The average Bonchev–Trinajstić information content (AvgIpc) is 2.21. The maximum Gasteiger partial charge on any atom is 0.0409 e. The van der Waals surface area contributed by atoms with Crippen molar-refractivity contribution < 1.29 is 0 Å². The Balaban J connectivity index is 0.000000336. The van der Waals surface area contributed by atoms with Gasteiger partial charge >= 0.3 is 0 Å². The molecular weight excluding hydrogens is 146 g/mol. The third-order valence-electron chi connectivity index (χ3n) is 1.68. The number of allylic oxidation sites excluding steroid dienone is 5. The van der Waals surface area contributed by atoms with Crippen LogP contribution in [0.2, 0.25) is 0 Å².